The van der Waals surface area contributed by atoms with Crippen LogP contribution in [0.25, 0.3) is 10.2 Å². The highest BCUT2D eigenvalue weighted by molar-refractivity contribution is 7.21. The lowest BCUT2D eigenvalue weighted by molar-refractivity contribution is -0.0806. The summed E-state index contributed by atoms with van der Waals surface area (Å²) in [5.74, 6) is 0.605. The van der Waals surface area contributed by atoms with Crippen LogP contribution in [0, 0.1) is 0 Å². The van der Waals surface area contributed by atoms with Crippen molar-refractivity contribution in [1.29, 1.82) is 0 Å². The van der Waals surface area contributed by atoms with Crippen molar-refractivity contribution in [2.24, 2.45) is 0 Å². The lowest BCUT2D eigenvalue weighted by atomic mass is 9.84. The standard InChI is InChI=1S/C25H27N3O4S/c1-30-19-7-6-18(28-12-14-31-15-13-28)23-20(19)27-24(33-23)21(29)22-16-4-2-3-5-17(16)25(32-22)8-10-26-11-9-25/h2-7,22,26H,8-15H2,1H3/t22-/m1/s1. The van der Waals surface area contributed by atoms with Crippen molar-refractivity contribution >= 4 is 33.0 Å². The molecule has 0 aliphatic carbocycles. The van der Waals surface area contributed by atoms with Gasteiger partial charge in [0.05, 0.1) is 36.3 Å². The molecule has 4 heterocycles. The van der Waals surface area contributed by atoms with Crippen LogP contribution in [0.5, 0.6) is 5.75 Å². The fourth-order valence-electron chi connectivity index (χ4n) is 5.31. The van der Waals surface area contributed by atoms with Gasteiger partial charge >= 0.3 is 0 Å². The third-order valence-corrected chi connectivity index (χ3v) is 8.09. The van der Waals surface area contributed by atoms with E-state index in [0.29, 0.717) is 24.0 Å². The van der Waals surface area contributed by atoms with Gasteiger partial charge in [0.15, 0.2) is 5.01 Å². The van der Waals surface area contributed by atoms with Crippen molar-refractivity contribution in [2.45, 2.75) is 24.5 Å². The number of aromatic nitrogens is 1. The summed E-state index contributed by atoms with van der Waals surface area (Å²) in [4.78, 5) is 20.9. The number of morpholine rings is 1. The summed E-state index contributed by atoms with van der Waals surface area (Å²) in [6.45, 7) is 4.80. The fourth-order valence-corrected chi connectivity index (χ4v) is 6.39. The van der Waals surface area contributed by atoms with E-state index < -0.39 is 11.7 Å². The Bertz CT molecular complexity index is 1200. The van der Waals surface area contributed by atoms with E-state index in [9.17, 15) is 4.79 Å². The minimum atomic E-state index is -0.627. The molecule has 33 heavy (non-hydrogen) atoms. The maximum absolute atomic E-state index is 13.8. The maximum Gasteiger partial charge on any atom is 0.224 e. The van der Waals surface area contributed by atoms with E-state index in [-0.39, 0.29) is 5.78 Å². The number of hydrogen-bond donors (Lipinski definition) is 1. The number of piperidine rings is 1. The molecular formula is C25H27N3O4S. The van der Waals surface area contributed by atoms with Gasteiger partial charge in [0.2, 0.25) is 5.78 Å². The first kappa shape index (κ1) is 21.0. The largest absolute Gasteiger partial charge is 0.494 e. The fraction of sp³-hybridized carbons (Fsp3) is 0.440. The Morgan fingerprint density at radius 1 is 1.18 bits per heavy atom. The molecular weight excluding hydrogens is 438 g/mol. The molecule has 3 aromatic rings. The van der Waals surface area contributed by atoms with Gasteiger partial charge in [0, 0.05) is 13.1 Å². The van der Waals surface area contributed by atoms with Gasteiger partial charge in [-0.15, -0.1) is 11.3 Å². The number of Topliss-reactive ketones (excluding diaryl/α,β-unsaturated/α-hetero) is 1. The molecule has 172 valence electrons. The number of fused-ring (bicyclic) bond motifs is 3. The van der Waals surface area contributed by atoms with Gasteiger partial charge in [0.1, 0.15) is 17.4 Å². The predicted molar refractivity (Wildman–Crippen MR) is 128 cm³/mol. The highest BCUT2D eigenvalue weighted by Gasteiger charge is 2.48. The number of methoxy groups -OCH3 is 1. The van der Waals surface area contributed by atoms with E-state index in [1.807, 2.05) is 24.3 Å². The highest BCUT2D eigenvalue weighted by atomic mass is 32.1. The number of carbonyl (C=O) groups is 1. The van der Waals surface area contributed by atoms with Crippen LogP contribution in [0.3, 0.4) is 0 Å². The molecule has 0 saturated carbocycles. The smallest absolute Gasteiger partial charge is 0.224 e. The average molecular weight is 466 g/mol. The third-order valence-electron chi connectivity index (χ3n) is 7.00. The monoisotopic (exact) mass is 465 g/mol. The van der Waals surface area contributed by atoms with E-state index in [0.717, 1.165) is 66.1 Å². The van der Waals surface area contributed by atoms with E-state index in [2.05, 4.69) is 22.3 Å². The zero-order valence-electron chi connectivity index (χ0n) is 18.6. The lowest BCUT2D eigenvalue weighted by Crippen LogP contribution is -2.40. The molecule has 8 heteroatoms. The van der Waals surface area contributed by atoms with Gasteiger partial charge < -0.3 is 24.4 Å². The molecule has 3 aliphatic rings. The Morgan fingerprint density at radius 3 is 2.76 bits per heavy atom. The third kappa shape index (κ3) is 3.44. The number of carbonyl (C=O) groups excluding carboxylic acids is 1. The predicted octanol–water partition coefficient (Wildman–Crippen LogP) is 3.67. The SMILES string of the molecule is COc1ccc(N2CCOCC2)c2sc(C(=O)[C@@H]3OC4(CCNCC4)c4ccccc43)nc12. The molecule has 6 rings (SSSR count). The number of benzene rings is 2. The lowest BCUT2D eigenvalue weighted by Gasteiger charge is -2.34. The number of ether oxygens (including phenoxy) is 3. The minimum absolute atomic E-state index is 0.0750. The molecule has 1 atom stereocenters. The molecule has 2 saturated heterocycles. The number of thiazole rings is 1. The van der Waals surface area contributed by atoms with Gasteiger partial charge in [-0.2, -0.15) is 0 Å². The topological polar surface area (TPSA) is 72.9 Å². The Morgan fingerprint density at radius 2 is 1.97 bits per heavy atom. The van der Waals surface area contributed by atoms with Crippen molar-refractivity contribution < 1.29 is 19.0 Å². The number of nitrogens with zero attached hydrogens (tertiary/aromatic N) is 2. The van der Waals surface area contributed by atoms with E-state index >= 15 is 0 Å². The Hall–Kier alpha value is -2.52. The normalized spacial score (nSPS) is 22.0. The van der Waals surface area contributed by atoms with Crippen LogP contribution >= 0.6 is 11.3 Å². The Kier molecular flexibility index (Phi) is 5.33. The van der Waals surface area contributed by atoms with Crippen LogP contribution in [-0.2, 0) is 15.1 Å². The molecule has 1 N–H and O–H groups in total. The second-order valence-corrected chi connectivity index (χ2v) is 9.78. The van der Waals surface area contributed by atoms with Crippen molar-refractivity contribution in [3.05, 3.63) is 52.5 Å². The van der Waals surface area contributed by atoms with Crippen molar-refractivity contribution in [2.75, 3.05) is 51.4 Å². The molecule has 7 nitrogen and oxygen atoms in total. The van der Waals surface area contributed by atoms with Crippen LogP contribution in [0.4, 0.5) is 5.69 Å². The zero-order chi connectivity index (χ0) is 22.4. The molecule has 0 bridgehead atoms. The Labute approximate surface area is 196 Å². The number of nitrogens with one attached hydrogen (secondary N) is 1. The van der Waals surface area contributed by atoms with E-state index in [1.165, 1.54) is 11.3 Å². The summed E-state index contributed by atoms with van der Waals surface area (Å²) in [5, 5.41) is 3.87. The van der Waals surface area contributed by atoms with Crippen LogP contribution in [0.15, 0.2) is 36.4 Å². The van der Waals surface area contributed by atoms with Crippen molar-refractivity contribution in [3.63, 3.8) is 0 Å². The number of hydrogen-bond acceptors (Lipinski definition) is 8. The highest BCUT2D eigenvalue weighted by Crippen LogP contribution is 2.50. The van der Waals surface area contributed by atoms with Gasteiger partial charge in [-0.25, -0.2) is 4.98 Å². The Balaban J connectivity index is 1.40. The average Bonchev–Trinajstić information content (AvgIpc) is 3.45. The van der Waals surface area contributed by atoms with Crippen LogP contribution in [-0.4, -0.2) is 57.3 Å². The summed E-state index contributed by atoms with van der Waals surface area (Å²) < 4.78 is 18.7. The van der Waals surface area contributed by atoms with Crippen LogP contribution < -0.4 is 15.0 Å². The second kappa shape index (κ2) is 8.36. The molecule has 1 spiro atoms. The first-order chi connectivity index (χ1) is 16.2. The summed E-state index contributed by atoms with van der Waals surface area (Å²) >= 11 is 1.44. The van der Waals surface area contributed by atoms with Gasteiger partial charge in [-0.3, -0.25) is 4.79 Å². The number of anilines is 1. The van der Waals surface area contributed by atoms with Gasteiger partial charge in [0.25, 0.3) is 0 Å². The summed E-state index contributed by atoms with van der Waals surface area (Å²) in [5.41, 5.74) is 3.54. The maximum atomic E-state index is 13.8. The number of ketones is 1. The summed E-state index contributed by atoms with van der Waals surface area (Å²) in [7, 11) is 1.64. The van der Waals surface area contributed by atoms with Crippen LogP contribution in [0.1, 0.15) is 39.9 Å². The first-order valence-corrected chi connectivity index (χ1v) is 12.3. The first-order valence-electron chi connectivity index (χ1n) is 11.5. The molecule has 3 aliphatic heterocycles. The second-order valence-electron chi connectivity index (χ2n) is 8.78. The van der Waals surface area contributed by atoms with Crippen LogP contribution in [0.2, 0.25) is 0 Å². The molecule has 2 aromatic carbocycles. The van der Waals surface area contributed by atoms with Crippen molar-refractivity contribution in [3.8, 4) is 5.75 Å². The summed E-state index contributed by atoms with van der Waals surface area (Å²) in [6.07, 6.45) is 1.10. The molecule has 1 aromatic heterocycles. The van der Waals surface area contributed by atoms with Gasteiger partial charge in [-0.1, -0.05) is 24.3 Å². The van der Waals surface area contributed by atoms with Crippen molar-refractivity contribution in [1.82, 2.24) is 10.3 Å². The van der Waals surface area contributed by atoms with E-state index in [1.54, 1.807) is 7.11 Å². The van der Waals surface area contributed by atoms with Gasteiger partial charge in [-0.05, 0) is 49.2 Å². The molecule has 0 radical (unpaired) electrons. The minimum Gasteiger partial charge on any atom is -0.494 e. The molecule has 0 unspecified atom stereocenters. The van der Waals surface area contributed by atoms with E-state index in [4.69, 9.17) is 19.2 Å². The molecule has 0 amide bonds. The summed E-state index contributed by atoms with van der Waals surface area (Å²) in [6, 6.07) is 12.2. The molecule has 2 fully saturated rings. The zero-order valence-corrected chi connectivity index (χ0v) is 19.5. The number of rotatable bonds is 4. The quantitative estimate of drug-likeness (QED) is 0.590.